The highest BCUT2D eigenvalue weighted by atomic mass is 127. The maximum Gasteiger partial charge on any atom is 0.338 e. The van der Waals surface area contributed by atoms with E-state index >= 15 is 4.57 Å². The van der Waals surface area contributed by atoms with Gasteiger partial charge in [0.15, 0.2) is 0 Å². The summed E-state index contributed by atoms with van der Waals surface area (Å²) >= 11 is 8.99. The van der Waals surface area contributed by atoms with E-state index in [0.717, 1.165) is 12.5 Å². The maximum absolute atomic E-state index is 15.3. The first-order valence-electron chi connectivity index (χ1n) is 13.7. The molecule has 10 nitrogen and oxygen atoms in total. The van der Waals surface area contributed by atoms with Crippen LogP contribution in [0.2, 0.25) is 0 Å². The molecule has 0 bridgehead atoms. The summed E-state index contributed by atoms with van der Waals surface area (Å²) in [7, 11) is -3.61. The number of nitrogens with one attached hydrogen (secondary N) is 2. The molecule has 0 spiro atoms. The van der Waals surface area contributed by atoms with Gasteiger partial charge in [0.25, 0.3) is 13.4 Å². The average Bonchev–Trinajstić information content (AvgIpc) is 3.33. The average molecular weight is 857 g/mol. The third kappa shape index (κ3) is 7.80. The van der Waals surface area contributed by atoms with E-state index in [1.165, 1.54) is 0 Å². The van der Waals surface area contributed by atoms with Crippen molar-refractivity contribution in [1.82, 2.24) is 14.5 Å². The number of anilines is 2. The zero-order chi connectivity index (χ0) is 31.3. The Hall–Kier alpha value is -2.55. The summed E-state index contributed by atoms with van der Waals surface area (Å²) in [4.78, 5) is 26.2. The van der Waals surface area contributed by atoms with Crippen molar-refractivity contribution in [2.45, 2.75) is 13.5 Å². The number of hydrogen-bond acceptors (Lipinski definition) is 6. The summed E-state index contributed by atoms with van der Waals surface area (Å²) in [5.41, 5.74) is 1.97. The summed E-state index contributed by atoms with van der Waals surface area (Å²) in [6.07, 6.45) is 0. The second-order valence-corrected chi connectivity index (χ2v) is 15.3. The zero-order valence-electron chi connectivity index (χ0n) is 23.6. The third-order valence-corrected chi connectivity index (χ3v) is 11.5. The van der Waals surface area contributed by atoms with Crippen LogP contribution in [-0.4, -0.2) is 59.2 Å². The number of nitrogens with zero attached hydrogens (tertiary/aromatic N) is 3. The lowest BCUT2D eigenvalue weighted by Crippen LogP contribution is -2.40. The van der Waals surface area contributed by atoms with Crippen LogP contribution < -0.4 is 15.7 Å². The number of aromatic nitrogens is 2. The summed E-state index contributed by atoms with van der Waals surface area (Å²) in [6, 6.07) is 21.4. The van der Waals surface area contributed by atoms with Gasteiger partial charge in [0, 0.05) is 36.9 Å². The molecule has 44 heavy (non-hydrogen) atoms. The molecule has 1 atom stereocenters. The van der Waals surface area contributed by atoms with E-state index in [1.54, 1.807) is 60.1 Å². The molecular formula is C30H29Br2IN5O5P. The Balaban J connectivity index is 1.51. The monoisotopic (exact) mass is 855 g/mol. The number of benzene rings is 3. The van der Waals surface area contributed by atoms with E-state index < -0.39 is 19.3 Å². The number of hydrogen-bond donors (Lipinski definition) is 2. The van der Waals surface area contributed by atoms with Crippen molar-refractivity contribution in [3.63, 3.8) is 0 Å². The lowest BCUT2D eigenvalue weighted by Gasteiger charge is -2.35. The van der Waals surface area contributed by atoms with Crippen molar-refractivity contribution < 1.29 is 23.6 Å². The Bertz CT molecular complexity index is 1680. The fraction of sp³-hybridized carbons (Fsp3) is 0.233. The first kappa shape index (κ1) is 32.8. The van der Waals surface area contributed by atoms with Crippen LogP contribution in [-0.2, 0) is 20.6 Å². The van der Waals surface area contributed by atoms with Gasteiger partial charge in [-0.2, -0.15) is 5.10 Å². The predicted molar refractivity (Wildman–Crippen MR) is 186 cm³/mol. The largest absolute Gasteiger partial charge is 0.460 e. The van der Waals surface area contributed by atoms with Gasteiger partial charge in [-0.3, -0.25) is 9.36 Å². The number of rotatable bonds is 10. The van der Waals surface area contributed by atoms with E-state index in [9.17, 15) is 9.59 Å². The maximum atomic E-state index is 15.3. The molecule has 14 heteroatoms. The van der Waals surface area contributed by atoms with Gasteiger partial charge in [-0.05, 0) is 102 Å². The normalized spacial score (nSPS) is 14.9. The van der Waals surface area contributed by atoms with Crippen molar-refractivity contribution in [2.24, 2.45) is 0 Å². The fourth-order valence-electron chi connectivity index (χ4n) is 4.70. The van der Waals surface area contributed by atoms with Crippen molar-refractivity contribution in [3.05, 3.63) is 102 Å². The van der Waals surface area contributed by atoms with Gasteiger partial charge in [-0.15, -0.1) is 0 Å². The van der Waals surface area contributed by atoms with Crippen molar-refractivity contribution in [1.29, 1.82) is 0 Å². The van der Waals surface area contributed by atoms with Crippen LogP contribution in [0, 0.1) is 10.5 Å². The molecule has 1 saturated heterocycles. The molecule has 1 amide bonds. The molecule has 1 unspecified atom stereocenters. The predicted octanol–water partition coefficient (Wildman–Crippen LogP) is 6.69. The third-order valence-electron chi connectivity index (χ3n) is 6.86. The molecule has 0 aliphatic carbocycles. The molecule has 2 heterocycles. The highest BCUT2D eigenvalue weighted by Gasteiger charge is 2.40. The fourth-order valence-corrected chi connectivity index (χ4v) is 8.29. The lowest BCUT2D eigenvalue weighted by molar-refractivity contribution is 0.0488. The number of morpholine rings is 1. The Morgan fingerprint density at radius 3 is 2.16 bits per heavy atom. The van der Waals surface area contributed by atoms with E-state index in [4.69, 9.17) is 14.6 Å². The van der Waals surface area contributed by atoms with Crippen molar-refractivity contribution >= 4 is 90.6 Å². The van der Waals surface area contributed by atoms with Crippen LogP contribution in [0.15, 0.2) is 81.7 Å². The van der Waals surface area contributed by atoms with Crippen LogP contribution in [0.5, 0.6) is 0 Å². The number of carbonyl (C=O) groups excluding carboxylic acids is 2. The molecule has 2 N–H and O–H groups in total. The number of amides is 1. The molecule has 5 rings (SSSR count). The molecule has 0 saturated carbocycles. The Kier molecular flexibility index (Phi) is 11.0. The minimum absolute atomic E-state index is 0.0248. The number of ether oxygens (including phenoxy) is 2. The van der Waals surface area contributed by atoms with Gasteiger partial charge < -0.3 is 19.9 Å². The summed E-state index contributed by atoms with van der Waals surface area (Å²) in [5, 5.41) is 11.4. The van der Waals surface area contributed by atoms with Crippen LogP contribution in [0.25, 0.3) is 0 Å². The minimum atomic E-state index is -3.61. The van der Waals surface area contributed by atoms with Crippen molar-refractivity contribution in [3.8, 4) is 0 Å². The van der Waals surface area contributed by atoms with Gasteiger partial charge in [-0.25, -0.2) is 14.1 Å². The molecule has 3 aromatic carbocycles. The molecule has 1 aliphatic rings. The first-order valence-corrected chi connectivity index (χ1v) is 18.0. The number of carbonyl (C=O) groups is 2. The van der Waals surface area contributed by atoms with Gasteiger partial charge in [-0.1, -0.05) is 31.9 Å². The van der Waals surface area contributed by atoms with Gasteiger partial charge in [0.2, 0.25) is 0 Å². The minimum Gasteiger partial charge on any atom is -0.460 e. The summed E-state index contributed by atoms with van der Waals surface area (Å²) in [5.74, 6) is -0.612. The second-order valence-electron chi connectivity index (χ2n) is 9.87. The van der Waals surface area contributed by atoms with Crippen LogP contribution in [0.3, 0.4) is 0 Å². The SMILES string of the molecule is Cc1nn(CCOC(=O)c2ccc(Br)cc2)c(NC(=O)c2ccc(Br)cc2)c1P(=O)(Nc1ccc(I)cc1)N1CCOCC1. The lowest BCUT2D eigenvalue weighted by atomic mass is 10.2. The van der Waals surface area contributed by atoms with Gasteiger partial charge in [0.1, 0.15) is 17.7 Å². The molecule has 1 fully saturated rings. The van der Waals surface area contributed by atoms with Crippen LogP contribution in [0.4, 0.5) is 11.5 Å². The van der Waals surface area contributed by atoms with E-state index in [1.807, 2.05) is 28.9 Å². The zero-order valence-corrected chi connectivity index (χ0v) is 29.9. The Morgan fingerprint density at radius 1 is 0.955 bits per heavy atom. The second kappa shape index (κ2) is 14.7. The highest BCUT2D eigenvalue weighted by Crippen LogP contribution is 2.51. The Labute approximate surface area is 285 Å². The topological polar surface area (TPSA) is 115 Å². The smallest absolute Gasteiger partial charge is 0.338 e. The number of esters is 1. The molecule has 1 aliphatic heterocycles. The molecule has 1 aromatic heterocycles. The van der Waals surface area contributed by atoms with E-state index in [-0.39, 0.29) is 19.0 Å². The van der Waals surface area contributed by atoms with E-state index in [2.05, 4.69) is 64.9 Å². The summed E-state index contributed by atoms with van der Waals surface area (Å²) in [6.45, 7) is 3.52. The van der Waals surface area contributed by atoms with Gasteiger partial charge in [0.05, 0.1) is 31.0 Å². The Morgan fingerprint density at radius 2 is 1.55 bits per heavy atom. The number of aryl methyl sites for hydroxylation is 1. The number of halogens is 3. The molecule has 0 radical (unpaired) electrons. The van der Waals surface area contributed by atoms with E-state index in [0.29, 0.717) is 54.1 Å². The molecular weight excluding hydrogens is 828 g/mol. The van der Waals surface area contributed by atoms with Crippen molar-refractivity contribution in [2.75, 3.05) is 43.3 Å². The van der Waals surface area contributed by atoms with Crippen LogP contribution >= 0.6 is 61.9 Å². The molecule has 4 aromatic rings. The summed E-state index contributed by atoms with van der Waals surface area (Å²) < 4.78 is 32.5. The standard InChI is InChI=1S/C30H29Br2IN5O5P/c1-20-27(44(41,37-14-17-42-18-15-37)36-26-12-10-25(33)11-13-26)28(34-29(39)21-2-6-23(31)7-3-21)38(35-20)16-19-43-30(40)22-4-8-24(32)9-5-22/h2-13H,14-19H2,1H3,(H,34,39)(H,36,41). The first-order chi connectivity index (χ1) is 21.1. The quantitative estimate of drug-likeness (QED) is 0.103. The highest BCUT2D eigenvalue weighted by molar-refractivity contribution is 14.1. The van der Waals surface area contributed by atoms with Crippen LogP contribution in [0.1, 0.15) is 26.4 Å². The molecule has 230 valence electrons. The van der Waals surface area contributed by atoms with Gasteiger partial charge >= 0.3 is 5.97 Å².